The molecule has 1 fully saturated rings. The van der Waals surface area contributed by atoms with Gasteiger partial charge in [-0.15, -0.1) is 0 Å². The zero-order chi connectivity index (χ0) is 9.83. The second-order valence-corrected chi connectivity index (χ2v) is 4.17. The third kappa shape index (κ3) is 0.959. The summed E-state index contributed by atoms with van der Waals surface area (Å²) in [6, 6.07) is 12.9. The van der Waals surface area contributed by atoms with Gasteiger partial charge < -0.3 is 4.74 Å². The quantitative estimate of drug-likeness (QED) is 0.586. The number of hydrogen-bond acceptors (Lipinski definition) is 1. The van der Waals surface area contributed by atoms with E-state index in [2.05, 4.69) is 48.6 Å². The van der Waals surface area contributed by atoms with Crippen molar-refractivity contribution in [2.45, 2.75) is 12.2 Å². The summed E-state index contributed by atoms with van der Waals surface area (Å²) < 4.78 is 5.63. The molecule has 2 aromatic carbocycles. The Labute approximate surface area is 88.0 Å². The summed E-state index contributed by atoms with van der Waals surface area (Å²) in [5, 5.41) is 2.65. The van der Waals surface area contributed by atoms with Gasteiger partial charge in [-0.1, -0.05) is 48.6 Å². The minimum Gasteiger partial charge on any atom is -0.360 e. The fourth-order valence-corrected chi connectivity index (χ4v) is 2.48. The molecule has 0 saturated carbocycles. The van der Waals surface area contributed by atoms with Crippen LogP contribution in [0.1, 0.15) is 17.2 Å². The van der Waals surface area contributed by atoms with Crippen LogP contribution in [0.5, 0.6) is 0 Å². The van der Waals surface area contributed by atoms with Crippen LogP contribution in [-0.4, -0.2) is 6.10 Å². The van der Waals surface area contributed by atoms with Gasteiger partial charge >= 0.3 is 0 Å². The minimum atomic E-state index is 0.316. The van der Waals surface area contributed by atoms with Crippen molar-refractivity contribution in [3.63, 3.8) is 0 Å². The van der Waals surface area contributed by atoms with Crippen molar-refractivity contribution >= 4 is 16.8 Å². The number of benzene rings is 2. The molecular weight excluding hydrogens is 184 g/mol. The maximum atomic E-state index is 5.63. The van der Waals surface area contributed by atoms with Crippen molar-refractivity contribution in [1.82, 2.24) is 0 Å². The SMILES string of the molecule is C1=C[C@H]2O[C@@H]2c2c1ccc1ccccc21. The highest BCUT2D eigenvalue weighted by Crippen LogP contribution is 2.47. The fraction of sp³-hybridized carbons (Fsp3) is 0.143. The molecule has 0 N–H and O–H groups in total. The zero-order valence-corrected chi connectivity index (χ0v) is 8.18. The number of epoxide rings is 1. The van der Waals surface area contributed by atoms with Crippen LogP contribution in [0.15, 0.2) is 42.5 Å². The Hall–Kier alpha value is -1.60. The van der Waals surface area contributed by atoms with Gasteiger partial charge in [-0.25, -0.2) is 0 Å². The van der Waals surface area contributed by atoms with E-state index < -0.39 is 0 Å². The van der Waals surface area contributed by atoms with Crippen molar-refractivity contribution in [2.24, 2.45) is 0 Å². The van der Waals surface area contributed by atoms with E-state index in [1.54, 1.807) is 0 Å². The maximum absolute atomic E-state index is 5.63. The third-order valence-corrected chi connectivity index (χ3v) is 3.28. The Bertz CT molecular complexity index is 583. The smallest absolute Gasteiger partial charge is 0.114 e. The summed E-state index contributed by atoms with van der Waals surface area (Å²) in [5.74, 6) is 0. The highest BCUT2D eigenvalue weighted by atomic mass is 16.6. The van der Waals surface area contributed by atoms with Gasteiger partial charge in [0.05, 0.1) is 0 Å². The monoisotopic (exact) mass is 194 g/mol. The van der Waals surface area contributed by atoms with Crippen LogP contribution in [0.3, 0.4) is 0 Å². The van der Waals surface area contributed by atoms with Gasteiger partial charge in [0.1, 0.15) is 12.2 Å². The highest BCUT2D eigenvalue weighted by Gasteiger charge is 2.42. The van der Waals surface area contributed by atoms with E-state index in [1.807, 2.05) is 0 Å². The van der Waals surface area contributed by atoms with E-state index in [0.717, 1.165) is 0 Å². The topological polar surface area (TPSA) is 12.5 Å². The maximum Gasteiger partial charge on any atom is 0.114 e. The molecule has 4 rings (SSSR count). The summed E-state index contributed by atoms with van der Waals surface area (Å²) in [5.41, 5.74) is 2.69. The third-order valence-electron chi connectivity index (χ3n) is 3.28. The molecule has 15 heavy (non-hydrogen) atoms. The van der Waals surface area contributed by atoms with E-state index in [-0.39, 0.29) is 0 Å². The van der Waals surface area contributed by atoms with Crippen LogP contribution in [0.2, 0.25) is 0 Å². The van der Waals surface area contributed by atoms with E-state index >= 15 is 0 Å². The van der Waals surface area contributed by atoms with Crippen molar-refractivity contribution in [3.8, 4) is 0 Å². The number of rotatable bonds is 0. The Balaban J connectivity index is 2.15. The number of ether oxygens (including phenoxy) is 1. The van der Waals surface area contributed by atoms with E-state index in [9.17, 15) is 0 Å². The molecule has 1 nitrogen and oxygen atoms in total. The van der Waals surface area contributed by atoms with Gasteiger partial charge in [0.25, 0.3) is 0 Å². The first-order valence-electron chi connectivity index (χ1n) is 5.29. The largest absolute Gasteiger partial charge is 0.360 e. The average Bonchev–Trinajstić information content (AvgIpc) is 3.07. The summed E-state index contributed by atoms with van der Waals surface area (Å²) in [4.78, 5) is 0. The lowest BCUT2D eigenvalue weighted by atomic mass is 9.92. The molecule has 72 valence electrons. The molecule has 1 saturated heterocycles. The lowest BCUT2D eigenvalue weighted by Crippen LogP contribution is -1.96. The molecule has 0 bridgehead atoms. The van der Waals surface area contributed by atoms with Gasteiger partial charge in [0, 0.05) is 0 Å². The van der Waals surface area contributed by atoms with E-state index in [1.165, 1.54) is 21.9 Å². The first-order valence-corrected chi connectivity index (χ1v) is 5.29. The second kappa shape index (κ2) is 2.50. The van der Waals surface area contributed by atoms with Gasteiger partial charge in [0.2, 0.25) is 0 Å². The Morgan fingerprint density at radius 2 is 1.93 bits per heavy atom. The number of hydrogen-bond donors (Lipinski definition) is 0. The first kappa shape index (κ1) is 7.66. The van der Waals surface area contributed by atoms with Crippen LogP contribution in [0.4, 0.5) is 0 Å². The lowest BCUT2D eigenvalue weighted by Gasteiger charge is -2.10. The van der Waals surface area contributed by atoms with Crippen molar-refractivity contribution in [1.29, 1.82) is 0 Å². The van der Waals surface area contributed by atoms with Gasteiger partial charge in [0.15, 0.2) is 0 Å². The molecule has 1 aliphatic carbocycles. The van der Waals surface area contributed by atoms with Crippen molar-refractivity contribution in [2.75, 3.05) is 0 Å². The molecule has 0 spiro atoms. The van der Waals surface area contributed by atoms with Crippen LogP contribution in [0, 0.1) is 0 Å². The van der Waals surface area contributed by atoms with Gasteiger partial charge in [-0.2, -0.15) is 0 Å². The van der Waals surface area contributed by atoms with E-state index in [4.69, 9.17) is 4.74 Å². The van der Waals surface area contributed by atoms with Crippen LogP contribution >= 0.6 is 0 Å². The predicted molar refractivity (Wildman–Crippen MR) is 60.6 cm³/mol. The van der Waals surface area contributed by atoms with E-state index in [0.29, 0.717) is 12.2 Å². The number of fused-ring (bicyclic) bond motifs is 5. The lowest BCUT2D eigenvalue weighted by molar-refractivity contribution is 0.396. The molecule has 1 heterocycles. The zero-order valence-electron chi connectivity index (χ0n) is 8.18. The fourth-order valence-electron chi connectivity index (χ4n) is 2.48. The van der Waals surface area contributed by atoms with Crippen molar-refractivity contribution < 1.29 is 4.74 Å². The van der Waals surface area contributed by atoms with Crippen LogP contribution in [-0.2, 0) is 4.74 Å². The van der Waals surface area contributed by atoms with Crippen LogP contribution in [0.25, 0.3) is 16.8 Å². The van der Waals surface area contributed by atoms with Crippen LogP contribution < -0.4 is 0 Å². The van der Waals surface area contributed by atoms with Crippen molar-refractivity contribution in [3.05, 3.63) is 53.6 Å². The molecular formula is C14H10O. The average molecular weight is 194 g/mol. The minimum absolute atomic E-state index is 0.316. The molecule has 1 heteroatoms. The second-order valence-electron chi connectivity index (χ2n) is 4.17. The summed E-state index contributed by atoms with van der Waals surface area (Å²) in [6.07, 6.45) is 4.98. The molecule has 2 aliphatic rings. The summed E-state index contributed by atoms with van der Waals surface area (Å²) in [6.45, 7) is 0. The Morgan fingerprint density at radius 1 is 1.00 bits per heavy atom. The molecule has 0 aromatic heterocycles. The first-order chi connectivity index (χ1) is 7.43. The molecule has 2 aromatic rings. The molecule has 0 unspecified atom stereocenters. The normalized spacial score (nSPS) is 26.1. The summed E-state index contributed by atoms with van der Waals surface area (Å²) in [7, 11) is 0. The Kier molecular flexibility index (Phi) is 1.28. The molecule has 2 atom stereocenters. The molecule has 1 aliphatic heterocycles. The van der Waals surface area contributed by atoms with Gasteiger partial charge in [-0.05, 0) is 21.9 Å². The molecule has 0 radical (unpaired) electrons. The predicted octanol–water partition coefficient (Wildman–Crippen LogP) is 3.31. The Morgan fingerprint density at radius 3 is 2.93 bits per heavy atom. The highest BCUT2D eigenvalue weighted by molar-refractivity contribution is 5.90. The standard InChI is InChI=1S/C14H10O/c1-2-4-11-9(3-1)5-6-10-7-8-12-14(15-12)13(10)11/h1-8,12,14H/t12-,14+/m1/s1. The molecule has 0 amide bonds. The summed E-state index contributed by atoms with van der Waals surface area (Å²) >= 11 is 0. The van der Waals surface area contributed by atoms with Gasteiger partial charge in [-0.3, -0.25) is 0 Å².